The van der Waals surface area contributed by atoms with E-state index in [2.05, 4.69) is 5.32 Å². The summed E-state index contributed by atoms with van der Waals surface area (Å²) in [5.74, 6) is -0.0398. The fraction of sp³-hybridized carbons (Fsp3) is 0.462. The van der Waals surface area contributed by atoms with Gasteiger partial charge in [-0.3, -0.25) is 4.79 Å². The van der Waals surface area contributed by atoms with Crippen LogP contribution in [0.2, 0.25) is 0 Å². The maximum Gasteiger partial charge on any atom is 0.227 e. The molecule has 0 aliphatic carbocycles. The lowest BCUT2D eigenvalue weighted by molar-refractivity contribution is -0.122. The van der Waals surface area contributed by atoms with Crippen molar-refractivity contribution in [3.8, 4) is 0 Å². The standard InChI is InChI=1S/C13H19NO2/c1-2-12(11-7-4-3-5-8-11)13(16)14-9-6-10-15/h3-5,7-8,12,15H,2,6,9-10H2,1H3,(H,14,16). The van der Waals surface area contributed by atoms with Gasteiger partial charge in [-0.15, -0.1) is 0 Å². The van der Waals surface area contributed by atoms with Gasteiger partial charge in [0.05, 0.1) is 5.92 Å². The second-order valence-corrected chi connectivity index (χ2v) is 3.74. The zero-order chi connectivity index (χ0) is 11.8. The highest BCUT2D eigenvalue weighted by atomic mass is 16.3. The predicted molar refractivity (Wildman–Crippen MR) is 64.2 cm³/mol. The minimum absolute atomic E-state index is 0.0437. The average Bonchev–Trinajstić information content (AvgIpc) is 2.32. The van der Waals surface area contributed by atoms with Crippen molar-refractivity contribution in [3.63, 3.8) is 0 Å². The SMILES string of the molecule is CCC(C(=O)NCCCO)c1ccccc1. The quantitative estimate of drug-likeness (QED) is 0.718. The van der Waals surface area contributed by atoms with E-state index in [1.54, 1.807) is 0 Å². The summed E-state index contributed by atoms with van der Waals surface area (Å²) < 4.78 is 0. The molecule has 0 fully saturated rings. The Morgan fingerprint density at radius 3 is 2.62 bits per heavy atom. The van der Waals surface area contributed by atoms with Crippen LogP contribution in [-0.4, -0.2) is 24.2 Å². The molecule has 0 saturated heterocycles. The molecule has 1 amide bonds. The van der Waals surface area contributed by atoms with E-state index in [1.807, 2.05) is 37.3 Å². The third-order valence-electron chi connectivity index (χ3n) is 2.56. The first-order chi connectivity index (χ1) is 7.79. The molecule has 16 heavy (non-hydrogen) atoms. The lowest BCUT2D eigenvalue weighted by atomic mass is 9.96. The number of hydrogen-bond acceptors (Lipinski definition) is 2. The topological polar surface area (TPSA) is 49.3 Å². The van der Waals surface area contributed by atoms with Crippen LogP contribution in [0, 0.1) is 0 Å². The molecule has 0 aliphatic rings. The van der Waals surface area contributed by atoms with Gasteiger partial charge in [0.15, 0.2) is 0 Å². The van der Waals surface area contributed by atoms with Gasteiger partial charge >= 0.3 is 0 Å². The van der Waals surface area contributed by atoms with E-state index < -0.39 is 0 Å². The highest BCUT2D eigenvalue weighted by Crippen LogP contribution is 2.18. The number of benzene rings is 1. The van der Waals surface area contributed by atoms with Crippen LogP contribution in [0.15, 0.2) is 30.3 Å². The molecular formula is C13H19NO2. The maximum absolute atomic E-state index is 11.9. The molecule has 0 aromatic heterocycles. The summed E-state index contributed by atoms with van der Waals surface area (Å²) in [4.78, 5) is 11.9. The van der Waals surface area contributed by atoms with Crippen molar-refractivity contribution < 1.29 is 9.90 Å². The van der Waals surface area contributed by atoms with Crippen molar-refractivity contribution in [1.82, 2.24) is 5.32 Å². The highest BCUT2D eigenvalue weighted by molar-refractivity contribution is 5.83. The molecule has 1 rings (SSSR count). The van der Waals surface area contributed by atoms with Crippen molar-refractivity contribution in [2.24, 2.45) is 0 Å². The van der Waals surface area contributed by atoms with Crippen molar-refractivity contribution in [1.29, 1.82) is 0 Å². The van der Waals surface area contributed by atoms with Crippen LogP contribution in [0.5, 0.6) is 0 Å². The Kier molecular flexibility index (Phi) is 5.57. The van der Waals surface area contributed by atoms with Gasteiger partial charge in [-0.05, 0) is 18.4 Å². The van der Waals surface area contributed by atoms with Gasteiger partial charge < -0.3 is 10.4 Å². The Hall–Kier alpha value is -1.35. The molecule has 3 heteroatoms. The summed E-state index contributed by atoms with van der Waals surface area (Å²) in [7, 11) is 0. The summed E-state index contributed by atoms with van der Waals surface area (Å²) in [6.07, 6.45) is 1.39. The van der Waals surface area contributed by atoms with Gasteiger partial charge in [0.1, 0.15) is 0 Å². The van der Waals surface area contributed by atoms with E-state index in [1.165, 1.54) is 0 Å². The number of aliphatic hydroxyl groups excluding tert-OH is 1. The number of amides is 1. The Labute approximate surface area is 96.5 Å². The number of carbonyl (C=O) groups excluding carboxylic acids is 1. The molecule has 3 nitrogen and oxygen atoms in total. The Morgan fingerprint density at radius 1 is 1.38 bits per heavy atom. The first kappa shape index (κ1) is 12.7. The third kappa shape index (κ3) is 3.66. The average molecular weight is 221 g/mol. The van der Waals surface area contributed by atoms with Crippen LogP contribution >= 0.6 is 0 Å². The van der Waals surface area contributed by atoms with Gasteiger partial charge in [0.2, 0.25) is 5.91 Å². The third-order valence-corrected chi connectivity index (χ3v) is 2.56. The van der Waals surface area contributed by atoms with Gasteiger partial charge in [0.25, 0.3) is 0 Å². The molecule has 1 aromatic rings. The molecule has 1 unspecified atom stereocenters. The minimum Gasteiger partial charge on any atom is -0.396 e. The number of hydrogen-bond donors (Lipinski definition) is 2. The summed E-state index contributed by atoms with van der Waals surface area (Å²) in [6, 6.07) is 9.78. The van der Waals surface area contributed by atoms with Crippen LogP contribution in [0.3, 0.4) is 0 Å². The predicted octanol–water partition coefficient (Wildman–Crippen LogP) is 1.68. The monoisotopic (exact) mass is 221 g/mol. The molecule has 0 bridgehead atoms. The van der Waals surface area contributed by atoms with Gasteiger partial charge in [0, 0.05) is 13.2 Å². The van der Waals surface area contributed by atoms with E-state index in [9.17, 15) is 4.79 Å². The van der Waals surface area contributed by atoms with E-state index in [-0.39, 0.29) is 18.4 Å². The van der Waals surface area contributed by atoms with E-state index in [0.29, 0.717) is 13.0 Å². The van der Waals surface area contributed by atoms with Crippen LogP contribution in [-0.2, 0) is 4.79 Å². The van der Waals surface area contributed by atoms with E-state index >= 15 is 0 Å². The van der Waals surface area contributed by atoms with Crippen molar-refractivity contribution in [2.45, 2.75) is 25.7 Å². The molecule has 0 aliphatic heterocycles. The Bertz CT molecular complexity index is 311. The largest absolute Gasteiger partial charge is 0.396 e. The molecule has 88 valence electrons. The molecular weight excluding hydrogens is 202 g/mol. The molecule has 1 atom stereocenters. The number of carbonyl (C=O) groups is 1. The molecule has 1 aromatic carbocycles. The van der Waals surface area contributed by atoms with Crippen molar-refractivity contribution in [2.75, 3.05) is 13.2 Å². The zero-order valence-electron chi connectivity index (χ0n) is 9.65. The first-order valence-electron chi connectivity index (χ1n) is 5.73. The number of aliphatic hydroxyl groups is 1. The van der Waals surface area contributed by atoms with Crippen LogP contribution in [0.4, 0.5) is 0 Å². The van der Waals surface area contributed by atoms with Gasteiger partial charge in [-0.2, -0.15) is 0 Å². The molecule has 0 radical (unpaired) electrons. The fourth-order valence-electron chi connectivity index (χ4n) is 1.67. The Morgan fingerprint density at radius 2 is 2.06 bits per heavy atom. The fourth-order valence-corrected chi connectivity index (χ4v) is 1.67. The first-order valence-corrected chi connectivity index (χ1v) is 5.73. The number of rotatable bonds is 6. The smallest absolute Gasteiger partial charge is 0.227 e. The summed E-state index contributed by atoms with van der Waals surface area (Å²) in [6.45, 7) is 2.66. The summed E-state index contributed by atoms with van der Waals surface area (Å²) >= 11 is 0. The second kappa shape index (κ2) is 7.01. The summed E-state index contributed by atoms with van der Waals surface area (Å²) in [5, 5.41) is 11.5. The normalized spacial score (nSPS) is 12.1. The van der Waals surface area contributed by atoms with Crippen LogP contribution in [0.1, 0.15) is 31.2 Å². The van der Waals surface area contributed by atoms with Crippen LogP contribution in [0.25, 0.3) is 0 Å². The maximum atomic E-state index is 11.9. The van der Waals surface area contributed by atoms with Crippen molar-refractivity contribution in [3.05, 3.63) is 35.9 Å². The molecule has 0 saturated carbocycles. The Balaban J connectivity index is 2.57. The molecule has 2 N–H and O–H groups in total. The molecule has 0 spiro atoms. The van der Waals surface area contributed by atoms with Crippen molar-refractivity contribution >= 4 is 5.91 Å². The van der Waals surface area contributed by atoms with Gasteiger partial charge in [-0.1, -0.05) is 37.3 Å². The van der Waals surface area contributed by atoms with E-state index in [0.717, 1.165) is 12.0 Å². The lowest BCUT2D eigenvalue weighted by Gasteiger charge is -2.15. The van der Waals surface area contributed by atoms with Crippen LogP contribution < -0.4 is 5.32 Å². The highest BCUT2D eigenvalue weighted by Gasteiger charge is 2.17. The van der Waals surface area contributed by atoms with E-state index in [4.69, 9.17) is 5.11 Å². The lowest BCUT2D eigenvalue weighted by Crippen LogP contribution is -2.30. The summed E-state index contributed by atoms with van der Waals surface area (Å²) in [5.41, 5.74) is 1.05. The zero-order valence-corrected chi connectivity index (χ0v) is 9.65. The van der Waals surface area contributed by atoms with Gasteiger partial charge in [-0.25, -0.2) is 0 Å². The second-order valence-electron chi connectivity index (χ2n) is 3.74. The minimum atomic E-state index is -0.0834. The number of nitrogens with one attached hydrogen (secondary N) is 1. The molecule has 0 heterocycles.